The molecule has 128 valence electrons. The molecule has 0 atom stereocenters. The minimum absolute atomic E-state index is 0.0445. The second kappa shape index (κ2) is 7.62. The summed E-state index contributed by atoms with van der Waals surface area (Å²) in [5, 5.41) is 0.981. The van der Waals surface area contributed by atoms with Gasteiger partial charge in [-0.25, -0.2) is 0 Å². The summed E-state index contributed by atoms with van der Waals surface area (Å²) >= 11 is 0. The first kappa shape index (κ1) is 16.7. The van der Waals surface area contributed by atoms with Gasteiger partial charge >= 0.3 is 0 Å². The van der Waals surface area contributed by atoms with Gasteiger partial charge in [0.2, 0.25) is 5.91 Å². The first-order chi connectivity index (χ1) is 11.7. The van der Waals surface area contributed by atoms with Crippen LogP contribution in [-0.4, -0.2) is 35.5 Å². The summed E-state index contributed by atoms with van der Waals surface area (Å²) in [6, 6.07) is 9.79. The molecule has 1 aliphatic rings. The molecule has 3 rings (SSSR count). The van der Waals surface area contributed by atoms with Crippen LogP contribution in [0.5, 0.6) is 0 Å². The SMILES string of the molecule is COCC(=O)N(Cc1cc2ccccc2[nH]c1=O)C1CCCCC1. The quantitative estimate of drug-likeness (QED) is 0.918. The topological polar surface area (TPSA) is 62.4 Å². The van der Waals surface area contributed by atoms with Crippen molar-refractivity contribution in [2.24, 2.45) is 0 Å². The number of para-hydroxylation sites is 1. The lowest BCUT2D eigenvalue weighted by atomic mass is 9.93. The maximum atomic E-state index is 12.5. The van der Waals surface area contributed by atoms with Crippen LogP contribution in [0.15, 0.2) is 35.1 Å². The molecule has 1 heterocycles. The minimum Gasteiger partial charge on any atom is -0.375 e. The molecule has 2 aromatic rings. The van der Waals surface area contributed by atoms with E-state index >= 15 is 0 Å². The Labute approximate surface area is 141 Å². The van der Waals surface area contributed by atoms with Crippen LogP contribution in [0, 0.1) is 0 Å². The number of aromatic amines is 1. The smallest absolute Gasteiger partial charge is 0.253 e. The second-order valence-corrected chi connectivity index (χ2v) is 6.46. The number of ether oxygens (including phenoxy) is 1. The standard InChI is InChI=1S/C19H24N2O3/c1-24-13-18(22)21(16-8-3-2-4-9-16)12-15-11-14-7-5-6-10-17(14)20-19(15)23/h5-7,10-11,16H,2-4,8-9,12-13H2,1H3,(H,20,23). The number of H-pyrrole nitrogens is 1. The van der Waals surface area contributed by atoms with Crippen molar-refractivity contribution >= 4 is 16.8 Å². The number of methoxy groups -OCH3 is 1. The van der Waals surface area contributed by atoms with Crippen molar-refractivity contribution in [2.45, 2.75) is 44.7 Å². The molecule has 0 unspecified atom stereocenters. The number of benzene rings is 1. The lowest BCUT2D eigenvalue weighted by Crippen LogP contribution is -2.43. The second-order valence-electron chi connectivity index (χ2n) is 6.46. The van der Waals surface area contributed by atoms with Crippen LogP contribution in [0.25, 0.3) is 10.9 Å². The highest BCUT2D eigenvalue weighted by Crippen LogP contribution is 2.24. The lowest BCUT2D eigenvalue weighted by Gasteiger charge is -2.34. The van der Waals surface area contributed by atoms with Gasteiger partial charge in [0, 0.05) is 24.2 Å². The van der Waals surface area contributed by atoms with E-state index in [0.717, 1.165) is 36.6 Å². The number of aromatic nitrogens is 1. The summed E-state index contributed by atoms with van der Waals surface area (Å²) in [5.74, 6) is -0.0445. The molecular formula is C19H24N2O3. The van der Waals surface area contributed by atoms with Gasteiger partial charge in [0.15, 0.2) is 0 Å². The Morgan fingerprint density at radius 1 is 1.25 bits per heavy atom. The van der Waals surface area contributed by atoms with E-state index in [-0.39, 0.29) is 24.1 Å². The van der Waals surface area contributed by atoms with E-state index in [1.165, 1.54) is 13.5 Å². The highest BCUT2D eigenvalue weighted by atomic mass is 16.5. The van der Waals surface area contributed by atoms with Gasteiger partial charge in [-0.3, -0.25) is 9.59 Å². The molecule has 1 aliphatic carbocycles. The largest absolute Gasteiger partial charge is 0.375 e. The van der Waals surface area contributed by atoms with Crippen molar-refractivity contribution in [3.8, 4) is 0 Å². The van der Waals surface area contributed by atoms with Crippen molar-refractivity contribution < 1.29 is 9.53 Å². The van der Waals surface area contributed by atoms with Crippen molar-refractivity contribution in [3.63, 3.8) is 0 Å². The van der Waals surface area contributed by atoms with Gasteiger partial charge in [0.1, 0.15) is 6.61 Å². The molecule has 1 amide bonds. The number of carbonyl (C=O) groups excluding carboxylic acids is 1. The first-order valence-corrected chi connectivity index (χ1v) is 8.58. The number of amides is 1. The average Bonchev–Trinajstić information content (AvgIpc) is 2.60. The fourth-order valence-electron chi connectivity index (χ4n) is 3.51. The van der Waals surface area contributed by atoms with E-state index in [1.807, 2.05) is 35.2 Å². The Balaban J connectivity index is 1.89. The summed E-state index contributed by atoms with van der Waals surface area (Å²) in [7, 11) is 1.53. The minimum atomic E-state index is -0.125. The van der Waals surface area contributed by atoms with Gasteiger partial charge in [-0.15, -0.1) is 0 Å². The van der Waals surface area contributed by atoms with Crippen LogP contribution >= 0.6 is 0 Å². The monoisotopic (exact) mass is 328 g/mol. The molecule has 5 nitrogen and oxygen atoms in total. The Kier molecular flexibility index (Phi) is 5.30. The fourth-order valence-corrected chi connectivity index (χ4v) is 3.51. The molecule has 5 heteroatoms. The van der Waals surface area contributed by atoms with Crippen molar-refractivity contribution in [1.29, 1.82) is 0 Å². The van der Waals surface area contributed by atoms with Crippen molar-refractivity contribution in [3.05, 3.63) is 46.2 Å². The molecule has 0 saturated heterocycles. The predicted molar refractivity (Wildman–Crippen MR) is 93.9 cm³/mol. The third-order valence-electron chi connectivity index (χ3n) is 4.77. The number of carbonyl (C=O) groups is 1. The van der Waals surface area contributed by atoms with Gasteiger partial charge in [-0.2, -0.15) is 0 Å². The van der Waals surface area contributed by atoms with E-state index in [1.54, 1.807) is 0 Å². The highest BCUT2D eigenvalue weighted by Gasteiger charge is 2.26. The third-order valence-corrected chi connectivity index (χ3v) is 4.77. The molecule has 1 aromatic heterocycles. The zero-order valence-corrected chi connectivity index (χ0v) is 14.1. The van der Waals surface area contributed by atoms with Gasteiger partial charge in [-0.05, 0) is 30.4 Å². The third kappa shape index (κ3) is 3.67. The van der Waals surface area contributed by atoms with Gasteiger partial charge in [0.25, 0.3) is 5.56 Å². The lowest BCUT2D eigenvalue weighted by molar-refractivity contribution is -0.139. The Bertz CT molecular complexity index is 763. The molecular weight excluding hydrogens is 304 g/mol. The van der Waals surface area contributed by atoms with Gasteiger partial charge in [-0.1, -0.05) is 37.5 Å². The van der Waals surface area contributed by atoms with Crippen LogP contribution in [0.3, 0.4) is 0 Å². The van der Waals surface area contributed by atoms with E-state index in [4.69, 9.17) is 4.74 Å². The van der Waals surface area contributed by atoms with Crippen molar-refractivity contribution in [1.82, 2.24) is 9.88 Å². The Hall–Kier alpha value is -2.14. The molecule has 24 heavy (non-hydrogen) atoms. The summed E-state index contributed by atoms with van der Waals surface area (Å²) in [6.45, 7) is 0.398. The van der Waals surface area contributed by atoms with Crippen LogP contribution < -0.4 is 5.56 Å². The summed E-state index contributed by atoms with van der Waals surface area (Å²) in [4.78, 5) is 29.7. The molecule has 1 saturated carbocycles. The first-order valence-electron chi connectivity index (χ1n) is 8.58. The number of nitrogens with one attached hydrogen (secondary N) is 1. The average molecular weight is 328 g/mol. The van der Waals surface area contributed by atoms with E-state index < -0.39 is 0 Å². The molecule has 0 spiro atoms. The molecule has 1 fully saturated rings. The number of rotatable bonds is 5. The summed E-state index contributed by atoms with van der Waals surface area (Å²) in [6.07, 6.45) is 5.49. The molecule has 1 N–H and O–H groups in total. The maximum Gasteiger partial charge on any atom is 0.253 e. The highest BCUT2D eigenvalue weighted by molar-refractivity contribution is 5.80. The number of hydrogen-bond acceptors (Lipinski definition) is 3. The Morgan fingerprint density at radius 3 is 2.75 bits per heavy atom. The normalized spacial score (nSPS) is 15.5. The zero-order valence-electron chi connectivity index (χ0n) is 14.1. The number of nitrogens with zero attached hydrogens (tertiary/aromatic N) is 1. The molecule has 0 bridgehead atoms. The number of pyridine rings is 1. The van der Waals surface area contributed by atoms with E-state index in [0.29, 0.717) is 12.1 Å². The van der Waals surface area contributed by atoms with Crippen molar-refractivity contribution in [2.75, 3.05) is 13.7 Å². The Morgan fingerprint density at radius 2 is 2.00 bits per heavy atom. The van der Waals surface area contributed by atoms with Gasteiger partial charge in [0.05, 0.1) is 6.54 Å². The maximum absolute atomic E-state index is 12.5. The van der Waals surface area contributed by atoms with Gasteiger partial charge < -0.3 is 14.6 Å². The summed E-state index contributed by atoms with van der Waals surface area (Å²) in [5.41, 5.74) is 1.32. The van der Waals surface area contributed by atoms with Crippen LogP contribution in [0.1, 0.15) is 37.7 Å². The van der Waals surface area contributed by atoms with Crippen LogP contribution in [-0.2, 0) is 16.1 Å². The van der Waals surface area contributed by atoms with Crippen LogP contribution in [0.2, 0.25) is 0 Å². The zero-order chi connectivity index (χ0) is 16.9. The number of hydrogen-bond donors (Lipinski definition) is 1. The van der Waals surface area contributed by atoms with E-state index in [2.05, 4.69) is 4.98 Å². The fraction of sp³-hybridized carbons (Fsp3) is 0.474. The predicted octanol–water partition coefficient (Wildman–Crippen LogP) is 2.84. The molecule has 1 aromatic carbocycles. The molecule has 0 radical (unpaired) electrons. The summed E-state index contributed by atoms with van der Waals surface area (Å²) < 4.78 is 5.04. The van der Waals surface area contributed by atoms with E-state index in [9.17, 15) is 9.59 Å². The molecule has 0 aliphatic heterocycles. The van der Waals surface area contributed by atoms with Crippen LogP contribution in [0.4, 0.5) is 0 Å². The number of fused-ring (bicyclic) bond motifs is 1.